The summed E-state index contributed by atoms with van der Waals surface area (Å²) in [7, 11) is 0. The summed E-state index contributed by atoms with van der Waals surface area (Å²) in [6, 6.07) is -3.52. The molecule has 0 aromatic rings. The molecule has 0 aliphatic heterocycles. The van der Waals surface area contributed by atoms with Gasteiger partial charge in [-0.2, -0.15) is 11.8 Å². The molecule has 0 aromatic heterocycles. The predicted octanol–water partition coefficient (Wildman–Crippen LogP) is -0.580. The highest BCUT2D eigenvalue weighted by molar-refractivity contribution is 7.98. The van der Waals surface area contributed by atoms with Crippen molar-refractivity contribution < 1.29 is 34.5 Å². The van der Waals surface area contributed by atoms with Crippen LogP contribution in [-0.4, -0.2) is 63.4 Å². The molecule has 0 bridgehead atoms. The summed E-state index contributed by atoms with van der Waals surface area (Å²) >= 11 is 1.20. The van der Waals surface area contributed by atoms with E-state index in [1.807, 2.05) is 5.32 Å². The Morgan fingerprint density at radius 2 is 1.50 bits per heavy atom. The zero-order valence-electron chi connectivity index (χ0n) is 10.7. The van der Waals surface area contributed by atoms with Crippen LogP contribution in [0.1, 0.15) is 12.8 Å². The number of amides is 2. The van der Waals surface area contributed by atoms with Crippen LogP contribution < -0.4 is 10.6 Å². The molecule has 9 nitrogen and oxygen atoms in total. The van der Waals surface area contributed by atoms with Gasteiger partial charge < -0.3 is 26.0 Å². The van der Waals surface area contributed by atoms with Crippen LogP contribution in [0.15, 0.2) is 0 Å². The van der Waals surface area contributed by atoms with Crippen LogP contribution in [0.3, 0.4) is 0 Å². The molecule has 0 aliphatic carbocycles. The second-order valence-corrected chi connectivity index (χ2v) is 4.70. The molecule has 0 aromatic carbocycles. The van der Waals surface area contributed by atoms with Crippen LogP contribution in [-0.2, 0) is 14.4 Å². The average Bonchev–Trinajstić information content (AvgIpc) is 2.33. The Labute approximate surface area is 118 Å². The Bertz CT molecular complexity index is 388. The van der Waals surface area contributed by atoms with Crippen molar-refractivity contribution in [2.75, 3.05) is 12.0 Å². The minimum Gasteiger partial charge on any atom is -0.481 e. The fourth-order valence-electron chi connectivity index (χ4n) is 1.22. The van der Waals surface area contributed by atoms with Gasteiger partial charge in [-0.05, 0) is 12.7 Å². The molecule has 0 spiro atoms. The largest absolute Gasteiger partial charge is 0.481 e. The average molecular weight is 308 g/mol. The van der Waals surface area contributed by atoms with Gasteiger partial charge >= 0.3 is 23.9 Å². The maximum Gasteiger partial charge on any atom is 0.327 e. The van der Waals surface area contributed by atoms with Crippen molar-refractivity contribution in [2.45, 2.75) is 24.9 Å². The van der Waals surface area contributed by atoms with Gasteiger partial charge in [0.25, 0.3) is 0 Å². The predicted molar refractivity (Wildman–Crippen MR) is 69.8 cm³/mol. The Hall–Kier alpha value is -1.97. The van der Waals surface area contributed by atoms with Crippen molar-refractivity contribution in [1.29, 1.82) is 0 Å². The van der Waals surface area contributed by atoms with E-state index in [2.05, 4.69) is 5.32 Å². The first-order valence-electron chi connectivity index (χ1n) is 5.51. The molecule has 2 atom stereocenters. The van der Waals surface area contributed by atoms with E-state index >= 15 is 0 Å². The first kappa shape index (κ1) is 18.0. The smallest absolute Gasteiger partial charge is 0.327 e. The fourth-order valence-corrected chi connectivity index (χ4v) is 1.78. The molecule has 2 amide bonds. The quantitative estimate of drug-likeness (QED) is 0.379. The van der Waals surface area contributed by atoms with Crippen molar-refractivity contribution in [2.24, 2.45) is 0 Å². The summed E-state index contributed by atoms with van der Waals surface area (Å²) in [6.45, 7) is 0. The van der Waals surface area contributed by atoms with Crippen LogP contribution in [0.5, 0.6) is 0 Å². The van der Waals surface area contributed by atoms with Gasteiger partial charge in [-0.1, -0.05) is 0 Å². The molecule has 0 heterocycles. The molecule has 0 fully saturated rings. The minimum atomic E-state index is -1.39. The standard InChI is InChI=1S/C10H16N2O7S/c1-20-4-6(9(17)18)12-10(19)11-5(8(15)16)2-3-7(13)14/h5-6H,2-4H2,1H3,(H,13,14)(H,15,16)(H,17,18)(H2,11,12,19)/t5-,6-/m0/s1. The number of nitrogens with one attached hydrogen (secondary N) is 2. The van der Waals surface area contributed by atoms with Crippen LogP contribution in [0.25, 0.3) is 0 Å². The first-order chi connectivity index (χ1) is 9.27. The lowest BCUT2D eigenvalue weighted by atomic mass is 10.1. The third kappa shape index (κ3) is 7.46. The SMILES string of the molecule is CSC[C@H](NC(=O)N[C@@H](CCC(=O)O)C(=O)O)C(=O)O. The van der Waals surface area contributed by atoms with Crippen molar-refractivity contribution >= 4 is 35.7 Å². The number of carbonyl (C=O) groups is 4. The number of rotatable bonds is 9. The zero-order chi connectivity index (χ0) is 15.7. The number of carboxylic acid groups (broad SMARTS) is 3. The van der Waals surface area contributed by atoms with Gasteiger partial charge in [0.05, 0.1) is 0 Å². The third-order valence-corrected chi connectivity index (χ3v) is 2.85. The molecule has 0 aliphatic rings. The lowest BCUT2D eigenvalue weighted by Gasteiger charge is -2.17. The van der Waals surface area contributed by atoms with Crippen LogP contribution in [0.4, 0.5) is 4.79 Å². The van der Waals surface area contributed by atoms with E-state index in [0.29, 0.717) is 0 Å². The van der Waals surface area contributed by atoms with E-state index in [1.54, 1.807) is 6.26 Å². The number of thioether (sulfide) groups is 1. The number of urea groups is 1. The summed E-state index contributed by atoms with van der Waals surface area (Å²) in [5.41, 5.74) is 0. The molecular formula is C10H16N2O7S. The van der Waals surface area contributed by atoms with E-state index in [9.17, 15) is 19.2 Å². The molecule has 114 valence electrons. The maximum absolute atomic E-state index is 11.5. The van der Waals surface area contributed by atoms with Gasteiger partial charge in [0.1, 0.15) is 12.1 Å². The topological polar surface area (TPSA) is 153 Å². The van der Waals surface area contributed by atoms with Gasteiger partial charge in [-0.25, -0.2) is 14.4 Å². The van der Waals surface area contributed by atoms with Crippen molar-refractivity contribution in [3.05, 3.63) is 0 Å². The molecule has 0 saturated carbocycles. The fraction of sp³-hybridized carbons (Fsp3) is 0.600. The van der Waals surface area contributed by atoms with Gasteiger partial charge in [0.15, 0.2) is 0 Å². The second-order valence-electron chi connectivity index (χ2n) is 3.79. The van der Waals surface area contributed by atoms with E-state index in [0.717, 1.165) is 0 Å². The van der Waals surface area contributed by atoms with Gasteiger partial charge in [0.2, 0.25) is 0 Å². The molecule has 10 heteroatoms. The molecule has 5 N–H and O–H groups in total. The minimum absolute atomic E-state index is 0.121. The van der Waals surface area contributed by atoms with E-state index < -0.39 is 42.4 Å². The number of carbonyl (C=O) groups excluding carboxylic acids is 1. The van der Waals surface area contributed by atoms with Crippen LogP contribution in [0, 0.1) is 0 Å². The summed E-state index contributed by atoms with van der Waals surface area (Å²) < 4.78 is 0. The number of aliphatic carboxylic acids is 3. The summed E-state index contributed by atoms with van der Waals surface area (Å²) in [5, 5.41) is 30.3. The molecule has 0 unspecified atom stereocenters. The van der Waals surface area contributed by atoms with Gasteiger partial charge in [-0.3, -0.25) is 4.79 Å². The van der Waals surface area contributed by atoms with Crippen molar-refractivity contribution in [3.8, 4) is 0 Å². The summed E-state index contributed by atoms with van der Waals surface area (Å²) in [4.78, 5) is 43.5. The summed E-state index contributed by atoms with van der Waals surface area (Å²) in [5.74, 6) is -3.70. The van der Waals surface area contributed by atoms with E-state index in [-0.39, 0.29) is 12.2 Å². The normalized spacial score (nSPS) is 13.1. The zero-order valence-corrected chi connectivity index (χ0v) is 11.5. The van der Waals surface area contributed by atoms with Crippen LogP contribution >= 0.6 is 11.8 Å². The maximum atomic E-state index is 11.5. The monoisotopic (exact) mass is 308 g/mol. The Morgan fingerprint density at radius 3 is 1.90 bits per heavy atom. The molecular weight excluding hydrogens is 292 g/mol. The Kier molecular flexibility index (Phi) is 8.13. The van der Waals surface area contributed by atoms with Gasteiger partial charge in [0, 0.05) is 12.2 Å². The highest BCUT2D eigenvalue weighted by atomic mass is 32.2. The summed E-state index contributed by atoms with van der Waals surface area (Å²) in [6.07, 6.45) is 0.936. The first-order valence-corrected chi connectivity index (χ1v) is 6.90. The molecule has 0 radical (unpaired) electrons. The number of hydrogen-bond acceptors (Lipinski definition) is 5. The lowest BCUT2D eigenvalue weighted by Crippen LogP contribution is -2.52. The van der Waals surface area contributed by atoms with Gasteiger partial charge in [-0.15, -0.1) is 0 Å². The third-order valence-electron chi connectivity index (χ3n) is 2.19. The highest BCUT2D eigenvalue weighted by Gasteiger charge is 2.24. The van der Waals surface area contributed by atoms with E-state index in [1.165, 1.54) is 11.8 Å². The highest BCUT2D eigenvalue weighted by Crippen LogP contribution is 2.00. The molecule has 0 rings (SSSR count). The van der Waals surface area contributed by atoms with Crippen molar-refractivity contribution in [3.63, 3.8) is 0 Å². The van der Waals surface area contributed by atoms with Crippen molar-refractivity contribution in [1.82, 2.24) is 10.6 Å². The number of carboxylic acids is 3. The van der Waals surface area contributed by atoms with Crippen LogP contribution in [0.2, 0.25) is 0 Å². The van der Waals surface area contributed by atoms with E-state index in [4.69, 9.17) is 15.3 Å². The molecule has 20 heavy (non-hydrogen) atoms. The molecule has 0 saturated heterocycles. The Balaban J connectivity index is 4.47. The number of hydrogen-bond donors (Lipinski definition) is 5. The second kappa shape index (κ2) is 9.02. The Morgan fingerprint density at radius 1 is 1.00 bits per heavy atom. The lowest BCUT2D eigenvalue weighted by molar-refractivity contribution is -0.140.